The second-order valence-corrected chi connectivity index (χ2v) is 6.07. The minimum Gasteiger partial charge on any atom is -0.481 e. The molecular formula is C15H22BNO3. The molecule has 0 aliphatic carbocycles. The van der Waals surface area contributed by atoms with E-state index in [0.29, 0.717) is 5.88 Å². The van der Waals surface area contributed by atoms with E-state index in [9.17, 15) is 0 Å². The molecule has 4 nitrogen and oxygen atoms in total. The van der Waals surface area contributed by atoms with Crippen LogP contribution in [0.15, 0.2) is 18.2 Å². The lowest BCUT2D eigenvalue weighted by atomic mass is 9.89. The van der Waals surface area contributed by atoms with Crippen LogP contribution in [0.1, 0.15) is 38.8 Å². The Balaban J connectivity index is 2.15. The monoisotopic (exact) mass is 275 g/mol. The molecule has 0 unspecified atom stereocenters. The van der Waals surface area contributed by atoms with Crippen LogP contribution in [0.4, 0.5) is 0 Å². The third kappa shape index (κ3) is 2.89. The first-order valence-electron chi connectivity index (χ1n) is 6.80. The highest BCUT2D eigenvalue weighted by molar-refractivity contribution is 6.52. The van der Waals surface area contributed by atoms with Crippen LogP contribution in [0.3, 0.4) is 0 Å². The van der Waals surface area contributed by atoms with Gasteiger partial charge in [-0.15, -0.1) is 0 Å². The van der Waals surface area contributed by atoms with Crippen LogP contribution >= 0.6 is 0 Å². The van der Waals surface area contributed by atoms with E-state index in [2.05, 4.69) is 4.98 Å². The quantitative estimate of drug-likeness (QED) is 0.795. The number of ether oxygens (including phenoxy) is 1. The van der Waals surface area contributed by atoms with Crippen molar-refractivity contribution in [2.45, 2.75) is 45.8 Å². The predicted octanol–water partition coefficient (Wildman–Crippen LogP) is 3.04. The van der Waals surface area contributed by atoms with Crippen LogP contribution in [-0.2, 0) is 9.31 Å². The summed E-state index contributed by atoms with van der Waals surface area (Å²) in [7, 11) is 1.28. The molecule has 0 atom stereocenters. The van der Waals surface area contributed by atoms with Crippen LogP contribution in [0.5, 0.6) is 5.88 Å². The van der Waals surface area contributed by atoms with Gasteiger partial charge in [-0.1, -0.05) is 12.1 Å². The summed E-state index contributed by atoms with van der Waals surface area (Å²) in [4.78, 5) is 4.16. The van der Waals surface area contributed by atoms with E-state index in [-0.39, 0.29) is 18.3 Å². The van der Waals surface area contributed by atoms with Crippen LogP contribution in [0.2, 0.25) is 0 Å². The van der Waals surface area contributed by atoms with Gasteiger partial charge >= 0.3 is 7.12 Å². The van der Waals surface area contributed by atoms with E-state index in [1.54, 1.807) is 13.3 Å². The smallest absolute Gasteiger partial charge is 0.481 e. The standard InChI is InChI=1S/C15H22BNO3/c1-11-10-17-13(18-6)9-12(11)7-8-16-19-14(2,3)15(4,5)20-16/h7-10H,1-6H3/b8-7+. The first-order valence-corrected chi connectivity index (χ1v) is 6.80. The molecule has 5 heteroatoms. The van der Waals surface area contributed by atoms with Gasteiger partial charge in [0.2, 0.25) is 5.88 Å². The molecule has 1 saturated heterocycles. The lowest BCUT2D eigenvalue weighted by Gasteiger charge is -2.32. The van der Waals surface area contributed by atoms with Crippen molar-refractivity contribution in [3.8, 4) is 5.88 Å². The Hall–Kier alpha value is -1.33. The summed E-state index contributed by atoms with van der Waals surface area (Å²) in [5, 5.41) is 0. The first-order chi connectivity index (χ1) is 9.25. The van der Waals surface area contributed by atoms with E-state index in [4.69, 9.17) is 14.0 Å². The molecule has 1 aliphatic heterocycles. The topological polar surface area (TPSA) is 40.6 Å². The van der Waals surface area contributed by atoms with Gasteiger partial charge in [0.1, 0.15) is 0 Å². The fourth-order valence-electron chi connectivity index (χ4n) is 1.96. The SMILES string of the molecule is COc1cc(/C=C/B2OC(C)(C)C(C)(C)O2)c(C)cn1. The summed E-state index contributed by atoms with van der Waals surface area (Å²) >= 11 is 0. The van der Waals surface area contributed by atoms with Crippen molar-refractivity contribution >= 4 is 13.2 Å². The van der Waals surface area contributed by atoms with Gasteiger partial charge in [-0.3, -0.25) is 0 Å². The zero-order chi connectivity index (χ0) is 15.0. The molecule has 0 spiro atoms. The Labute approximate surface area is 121 Å². The molecule has 2 heterocycles. The van der Waals surface area contributed by atoms with E-state index >= 15 is 0 Å². The van der Waals surface area contributed by atoms with E-state index in [1.807, 2.05) is 52.7 Å². The molecule has 20 heavy (non-hydrogen) atoms. The molecule has 0 amide bonds. The maximum absolute atomic E-state index is 5.93. The maximum Gasteiger partial charge on any atom is 0.487 e. The van der Waals surface area contributed by atoms with Crippen LogP contribution in [0, 0.1) is 6.92 Å². The fraction of sp³-hybridized carbons (Fsp3) is 0.533. The van der Waals surface area contributed by atoms with Gasteiger partial charge < -0.3 is 14.0 Å². The Morgan fingerprint density at radius 2 is 1.80 bits per heavy atom. The lowest BCUT2D eigenvalue weighted by molar-refractivity contribution is 0.00578. The van der Waals surface area contributed by atoms with Gasteiger partial charge in [-0.05, 0) is 45.7 Å². The number of rotatable bonds is 3. The number of hydrogen-bond acceptors (Lipinski definition) is 4. The summed E-state index contributed by atoms with van der Waals surface area (Å²) in [6, 6.07) is 1.90. The van der Waals surface area contributed by atoms with Crippen molar-refractivity contribution in [3.63, 3.8) is 0 Å². The van der Waals surface area contributed by atoms with Gasteiger partial charge in [-0.2, -0.15) is 0 Å². The molecule has 0 bridgehead atoms. The zero-order valence-corrected chi connectivity index (χ0v) is 13.1. The molecule has 108 valence electrons. The Bertz CT molecular complexity index is 510. The van der Waals surface area contributed by atoms with E-state index < -0.39 is 0 Å². The molecule has 1 aliphatic rings. The predicted molar refractivity (Wildman–Crippen MR) is 80.6 cm³/mol. The van der Waals surface area contributed by atoms with E-state index in [1.165, 1.54) is 0 Å². The highest BCUT2D eigenvalue weighted by atomic mass is 16.7. The van der Waals surface area contributed by atoms with Gasteiger partial charge in [-0.25, -0.2) is 4.98 Å². The molecule has 2 rings (SSSR count). The molecule has 1 aromatic rings. The molecule has 0 aromatic carbocycles. The normalized spacial score (nSPS) is 20.6. The average molecular weight is 275 g/mol. The first kappa shape index (κ1) is 15.1. The second kappa shape index (κ2) is 5.22. The van der Waals surface area contributed by atoms with Gasteiger partial charge in [0.05, 0.1) is 18.3 Å². The average Bonchev–Trinajstić information content (AvgIpc) is 2.57. The number of aryl methyl sites for hydroxylation is 1. The number of methoxy groups -OCH3 is 1. The molecule has 0 N–H and O–H groups in total. The molecule has 1 aromatic heterocycles. The summed E-state index contributed by atoms with van der Waals surface area (Å²) in [5.41, 5.74) is 1.50. The highest BCUT2D eigenvalue weighted by Crippen LogP contribution is 2.37. The number of pyridine rings is 1. The minimum atomic E-state index is -0.335. The van der Waals surface area contributed by atoms with Crippen molar-refractivity contribution < 1.29 is 14.0 Å². The van der Waals surface area contributed by atoms with Crippen molar-refractivity contribution in [3.05, 3.63) is 29.4 Å². The van der Waals surface area contributed by atoms with Crippen molar-refractivity contribution in [2.24, 2.45) is 0 Å². The molecule has 1 fully saturated rings. The minimum absolute atomic E-state index is 0.313. The summed E-state index contributed by atoms with van der Waals surface area (Å²) in [6.07, 6.45) is 3.78. The molecule has 0 saturated carbocycles. The fourth-order valence-corrected chi connectivity index (χ4v) is 1.96. The van der Waals surface area contributed by atoms with Gasteiger partial charge in [0.15, 0.2) is 0 Å². The number of hydrogen-bond donors (Lipinski definition) is 0. The third-order valence-corrected chi connectivity index (χ3v) is 4.03. The van der Waals surface area contributed by atoms with Gasteiger partial charge in [0, 0.05) is 12.3 Å². The largest absolute Gasteiger partial charge is 0.487 e. The Kier molecular flexibility index (Phi) is 3.94. The van der Waals surface area contributed by atoms with Crippen LogP contribution in [0.25, 0.3) is 6.08 Å². The van der Waals surface area contributed by atoms with Crippen molar-refractivity contribution in [2.75, 3.05) is 7.11 Å². The van der Waals surface area contributed by atoms with Crippen LogP contribution in [-0.4, -0.2) is 30.4 Å². The Morgan fingerprint density at radius 1 is 1.20 bits per heavy atom. The van der Waals surface area contributed by atoms with E-state index in [0.717, 1.165) is 11.1 Å². The summed E-state index contributed by atoms with van der Waals surface area (Å²) < 4.78 is 17.0. The third-order valence-electron chi connectivity index (χ3n) is 4.03. The van der Waals surface area contributed by atoms with Crippen LogP contribution < -0.4 is 4.74 Å². The maximum atomic E-state index is 5.93. The van der Waals surface area contributed by atoms with Crippen molar-refractivity contribution in [1.29, 1.82) is 0 Å². The number of aromatic nitrogens is 1. The highest BCUT2D eigenvalue weighted by Gasteiger charge is 2.49. The summed E-state index contributed by atoms with van der Waals surface area (Å²) in [5.74, 6) is 2.53. The summed E-state index contributed by atoms with van der Waals surface area (Å²) in [6.45, 7) is 10.2. The number of nitrogens with zero attached hydrogens (tertiary/aromatic N) is 1. The molecule has 0 radical (unpaired) electrons. The van der Waals surface area contributed by atoms with Gasteiger partial charge in [0.25, 0.3) is 0 Å². The molecular weight excluding hydrogens is 253 g/mol. The zero-order valence-electron chi connectivity index (χ0n) is 13.1. The lowest BCUT2D eigenvalue weighted by Crippen LogP contribution is -2.41. The second-order valence-electron chi connectivity index (χ2n) is 6.07. The van der Waals surface area contributed by atoms with Crippen molar-refractivity contribution in [1.82, 2.24) is 4.98 Å². The Morgan fingerprint density at radius 3 is 2.35 bits per heavy atom.